The van der Waals surface area contributed by atoms with Gasteiger partial charge in [-0.3, -0.25) is 4.79 Å². The molecule has 1 saturated carbocycles. The van der Waals surface area contributed by atoms with E-state index < -0.39 is 24.3 Å². The number of halogens is 3. The molecule has 2 aliphatic carbocycles. The van der Waals surface area contributed by atoms with Crippen molar-refractivity contribution in [3.8, 4) is 22.8 Å². The van der Waals surface area contributed by atoms with Gasteiger partial charge >= 0.3 is 0 Å². The largest absolute Gasteiger partial charge is 0.490 e. The molecule has 0 bridgehead atoms. The number of ether oxygens (including phenoxy) is 2. The van der Waals surface area contributed by atoms with Crippen LogP contribution in [0, 0.1) is 30.4 Å². The molecule has 0 aliphatic heterocycles. The Labute approximate surface area is 224 Å². The summed E-state index contributed by atoms with van der Waals surface area (Å²) < 4.78 is 40.8. The standard InChI is InChI=1S/C29H28ClF2NO5/c1-14-5-26(37-4-3-18(36)12-34)25(32)9-19(14)20-7-17(24(31)10-23(20)30)13-38-27-8-16-6-21-28(15(2)35)29(21)22(16)11-33-27/h5,7-11,18,21,28-29,34,36H,3-4,6,12-13H2,1-2H3/t18-,21+,28+,29-/m1/s1. The molecule has 1 aromatic heterocycles. The van der Waals surface area contributed by atoms with Crippen molar-refractivity contribution >= 4 is 17.4 Å². The van der Waals surface area contributed by atoms with E-state index in [-0.39, 0.29) is 53.6 Å². The van der Waals surface area contributed by atoms with Crippen LogP contribution in [-0.4, -0.2) is 40.3 Å². The average Bonchev–Trinajstić information content (AvgIpc) is 3.47. The van der Waals surface area contributed by atoms with Crippen molar-refractivity contribution < 1.29 is 33.3 Å². The molecule has 0 radical (unpaired) electrons. The third-order valence-corrected chi connectivity index (χ3v) is 7.76. The quantitative estimate of drug-likeness (QED) is 0.367. The number of aliphatic hydroxyl groups is 2. The number of aromatic nitrogens is 1. The Kier molecular flexibility index (Phi) is 7.40. The number of benzene rings is 2. The summed E-state index contributed by atoms with van der Waals surface area (Å²) in [5, 5.41) is 18.5. The van der Waals surface area contributed by atoms with E-state index in [1.54, 1.807) is 20.0 Å². The SMILES string of the molecule is CC(=O)[C@H]1[C@@H]2Cc3cc(OCc4cc(-c5cc(F)c(OCC[C@@H](O)CO)cc5C)c(Cl)cc4F)ncc3[C@@H]21. The van der Waals surface area contributed by atoms with E-state index in [4.69, 9.17) is 26.2 Å². The summed E-state index contributed by atoms with van der Waals surface area (Å²) >= 11 is 6.35. The molecule has 2 aliphatic rings. The first-order valence-corrected chi connectivity index (χ1v) is 12.9. The van der Waals surface area contributed by atoms with Gasteiger partial charge in [0.1, 0.15) is 18.2 Å². The lowest BCUT2D eigenvalue weighted by Crippen LogP contribution is -2.16. The van der Waals surface area contributed by atoms with Gasteiger partial charge < -0.3 is 19.7 Å². The van der Waals surface area contributed by atoms with Crippen LogP contribution < -0.4 is 9.47 Å². The highest BCUT2D eigenvalue weighted by molar-refractivity contribution is 6.33. The van der Waals surface area contributed by atoms with E-state index in [1.807, 2.05) is 6.07 Å². The first-order chi connectivity index (χ1) is 18.2. The zero-order valence-electron chi connectivity index (χ0n) is 21.0. The second-order valence-corrected chi connectivity index (χ2v) is 10.4. The third kappa shape index (κ3) is 5.13. The van der Waals surface area contributed by atoms with Crippen molar-refractivity contribution in [2.75, 3.05) is 13.2 Å². The summed E-state index contributed by atoms with van der Waals surface area (Å²) in [7, 11) is 0. The topological polar surface area (TPSA) is 88.9 Å². The molecule has 200 valence electrons. The summed E-state index contributed by atoms with van der Waals surface area (Å²) in [6, 6.07) is 7.36. The summed E-state index contributed by atoms with van der Waals surface area (Å²) in [5.41, 5.74) is 4.03. The van der Waals surface area contributed by atoms with E-state index in [9.17, 15) is 18.7 Å². The van der Waals surface area contributed by atoms with Crippen LogP contribution in [0.15, 0.2) is 36.5 Å². The number of hydrogen-bond acceptors (Lipinski definition) is 6. The zero-order valence-corrected chi connectivity index (χ0v) is 21.8. The molecule has 0 amide bonds. The van der Waals surface area contributed by atoms with E-state index >= 15 is 0 Å². The lowest BCUT2D eigenvalue weighted by Gasteiger charge is -2.15. The van der Waals surface area contributed by atoms with Crippen molar-refractivity contribution in [3.63, 3.8) is 0 Å². The van der Waals surface area contributed by atoms with Crippen LogP contribution in [0.3, 0.4) is 0 Å². The van der Waals surface area contributed by atoms with Gasteiger partial charge in [0, 0.05) is 35.7 Å². The van der Waals surface area contributed by atoms with Gasteiger partial charge in [-0.25, -0.2) is 13.8 Å². The van der Waals surface area contributed by atoms with Gasteiger partial charge in [0.25, 0.3) is 0 Å². The first-order valence-electron chi connectivity index (χ1n) is 12.5. The van der Waals surface area contributed by atoms with Gasteiger partial charge in [0.2, 0.25) is 5.88 Å². The molecule has 38 heavy (non-hydrogen) atoms. The lowest BCUT2D eigenvalue weighted by atomic mass is 9.98. The van der Waals surface area contributed by atoms with Crippen LogP contribution >= 0.6 is 11.6 Å². The number of fused-ring (bicyclic) bond motifs is 3. The fraction of sp³-hybridized carbons (Fsp3) is 0.379. The predicted molar refractivity (Wildman–Crippen MR) is 137 cm³/mol. The molecular formula is C29H28ClF2NO5. The van der Waals surface area contributed by atoms with Gasteiger partial charge in [-0.05, 0) is 78.6 Å². The van der Waals surface area contributed by atoms with E-state index in [0.717, 1.165) is 17.5 Å². The molecule has 0 unspecified atom stereocenters. The highest BCUT2D eigenvalue weighted by atomic mass is 35.5. The molecule has 4 atom stereocenters. The van der Waals surface area contributed by atoms with Gasteiger partial charge in [0.15, 0.2) is 11.6 Å². The molecular weight excluding hydrogens is 516 g/mol. The van der Waals surface area contributed by atoms with Crippen molar-refractivity contribution in [3.05, 3.63) is 75.4 Å². The maximum atomic E-state index is 14.8. The Morgan fingerprint density at radius 2 is 1.95 bits per heavy atom. The summed E-state index contributed by atoms with van der Waals surface area (Å²) in [4.78, 5) is 16.1. The smallest absolute Gasteiger partial charge is 0.213 e. The number of Topliss-reactive ketones (excluding diaryl/α,β-unsaturated/α-hetero) is 1. The van der Waals surface area contributed by atoms with E-state index in [2.05, 4.69) is 4.98 Å². The Balaban J connectivity index is 1.31. The highest BCUT2D eigenvalue weighted by Gasteiger charge is 2.58. The number of rotatable bonds is 10. The molecule has 0 spiro atoms. The molecule has 9 heteroatoms. The Morgan fingerprint density at radius 3 is 2.68 bits per heavy atom. The Bertz CT molecular complexity index is 1400. The van der Waals surface area contributed by atoms with Gasteiger partial charge in [-0.1, -0.05) is 11.6 Å². The van der Waals surface area contributed by atoms with Crippen LogP contribution in [0.5, 0.6) is 11.6 Å². The van der Waals surface area contributed by atoms with Gasteiger partial charge in [-0.2, -0.15) is 0 Å². The fourth-order valence-electron chi connectivity index (χ4n) is 5.42. The second kappa shape index (κ2) is 10.6. The lowest BCUT2D eigenvalue weighted by molar-refractivity contribution is -0.118. The van der Waals surface area contributed by atoms with Gasteiger partial charge in [0.05, 0.1) is 24.3 Å². The molecule has 5 rings (SSSR count). The highest BCUT2D eigenvalue weighted by Crippen LogP contribution is 2.61. The Morgan fingerprint density at radius 1 is 1.16 bits per heavy atom. The maximum Gasteiger partial charge on any atom is 0.213 e. The monoisotopic (exact) mass is 543 g/mol. The van der Waals surface area contributed by atoms with Crippen LogP contribution in [-0.2, 0) is 17.8 Å². The summed E-state index contributed by atoms with van der Waals surface area (Å²) in [6.07, 6.45) is 1.79. The number of hydrogen-bond donors (Lipinski definition) is 2. The molecule has 2 N–H and O–H groups in total. The average molecular weight is 544 g/mol. The number of aryl methyl sites for hydroxylation is 1. The number of nitrogens with zero attached hydrogens (tertiary/aromatic N) is 1. The first kappa shape index (κ1) is 26.5. The summed E-state index contributed by atoms with van der Waals surface area (Å²) in [5.74, 6) is 0.126. The minimum atomic E-state index is -0.936. The van der Waals surface area contributed by atoms with Crippen molar-refractivity contribution in [1.29, 1.82) is 0 Å². The molecule has 6 nitrogen and oxygen atoms in total. The maximum absolute atomic E-state index is 14.8. The minimum absolute atomic E-state index is 0.00752. The van der Waals surface area contributed by atoms with Gasteiger partial charge in [-0.15, -0.1) is 0 Å². The van der Waals surface area contributed by atoms with Crippen LogP contribution in [0.4, 0.5) is 8.78 Å². The normalized spacial score (nSPS) is 20.0. The molecule has 3 aromatic rings. The van der Waals surface area contributed by atoms with Crippen LogP contribution in [0.25, 0.3) is 11.1 Å². The molecule has 2 aromatic carbocycles. The molecule has 1 heterocycles. The number of pyridine rings is 1. The van der Waals surface area contributed by atoms with Crippen molar-refractivity contribution in [2.45, 2.75) is 45.3 Å². The second-order valence-electron chi connectivity index (χ2n) is 10.0. The van der Waals surface area contributed by atoms with E-state index in [1.165, 1.54) is 24.3 Å². The Hall–Kier alpha value is -3.07. The third-order valence-electron chi connectivity index (χ3n) is 7.45. The summed E-state index contributed by atoms with van der Waals surface area (Å²) in [6.45, 7) is 2.93. The van der Waals surface area contributed by atoms with Crippen LogP contribution in [0.2, 0.25) is 5.02 Å². The minimum Gasteiger partial charge on any atom is -0.490 e. The fourth-order valence-corrected chi connectivity index (χ4v) is 5.67. The van der Waals surface area contributed by atoms with Crippen molar-refractivity contribution in [1.82, 2.24) is 4.98 Å². The van der Waals surface area contributed by atoms with E-state index in [0.29, 0.717) is 28.5 Å². The van der Waals surface area contributed by atoms with Crippen molar-refractivity contribution in [2.24, 2.45) is 11.8 Å². The molecule has 0 saturated heterocycles. The predicted octanol–water partition coefficient (Wildman–Crippen LogP) is 5.16. The number of carbonyl (C=O) groups is 1. The number of ketones is 1. The number of aliphatic hydroxyl groups excluding tert-OH is 2. The van der Waals surface area contributed by atoms with Crippen LogP contribution in [0.1, 0.15) is 41.5 Å². The zero-order chi connectivity index (χ0) is 27.1. The molecule has 1 fully saturated rings. The number of carbonyl (C=O) groups excluding carboxylic acids is 1.